The normalized spacial score (nSPS) is 29.0. The molecule has 128 valence electrons. The van der Waals surface area contributed by atoms with E-state index in [9.17, 15) is 8.42 Å². The fourth-order valence-corrected chi connectivity index (χ4v) is 5.74. The van der Waals surface area contributed by atoms with E-state index in [2.05, 4.69) is 25.5 Å². The second-order valence-corrected chi connectivity index (χ2v) is 10.2. The molecule has 3 nitrogen and oxygen atoms in total. The zero-order valence-corrected chi connectivity index (χ0v) is 15.5. The molecule has 0 aliphatic heterocycles. The van der Waals surface area contributed by atoms with Gasteiger partial charge in [-0.05, 0) is 67.1 Å². The number of sulfonamides is 1. The Morgan fingerprint density at radius 2 is 1.74 bits per heavy atom. The van der Waals surface area contributed by atoms with Crippen LogP contribution in [0.3, 0.4) is 0 Å². The monoisotopic (exact) mass is 335 g/mol. The fourth-order valence-electron chi connectivity index (χ4n) is 4.44. The highest BCUT2D eigenvalue weighted by Gasteiger charge is 2.42. The molecule has 3 rings (SSSR count). The summed E-state index contributed by atoms with van der Waals surface area (Å²) >= 11 is 0. The smallest absolute Gasteiger partial charge is 0.208 e. The first-order valence-corrected chi connectivity index (χ1v) is 10.3. The third kappa shape index (κ3) is 3.48. The summed E-state index contributed by atoms with van der Waals surface area (Å²) in [7, 11) is -3.43. The summed E-state index contributed by atoms with van der Waals surface area (Å²) in [6, 6.07) is 7.35. The second kappa shape index (κ2) is 5.89. The zero-order chi connectivity index (χ0) is 16.8. The van der Waals surface area contributed by atoms with E-state index in [1.807, 2.05) is 19.1 Å². The molecule has 4 unspecified atom stereocenters. The van der Waals surface area contributed by atoms with Gasteiger partial charge < -0.3 is 0 Å². The summed E-state index contributed by atoms with van der Waals surface area (Å²) < 4.78 is 28.2. The lowest BCUT2D eigenvalue weighted by atomic mass is 9.84. The highest BCUT2D eigenvalue weighted by molar-refractivity contribution is 7.89. The van der Waals surface area contributed by atoms with Gasteiger partial charge in [-0.2, -0.15) is 0 Å². The molecule has 0 radical (unpaired) electrons. The minimum absolute atomic E-state index is 0.0255. The van der Waals surface area contributed by atoms with Crippen LogP contribution >= 0.6 is 0 Å². The van der Waals surface area contributed by atoms with Gasteiger partial charge in [-0.15, -0.1) is 0 Å². The Hall–Kier alpha value is -0.870. The van der Waals surface area contributed by atoms with Crippen LogP contribution < -0.4 is 4.72 Å². The Bertz CT molecular complexity index is 658. The second-order valence-electron chi connectivity index (χ2n) is 8.52. The first-order chi connectivity index (χ1) is 10.7. The van der Waals surface area contributed by atoms with Crippen molar-refractivity contribution >= 4 is 10.0 Å². The molecule has 0 spiro atoms. The molecule has 1 aromatic rings. The van der Waals surface area contributed by atoms with Crippen molar-refractivity contribution in [2.75, 3.05) is 0 Å². The van der Waals surface area contributed by atoms with E-state index in [4.69, 9.17) is 0 Å². The number of hydrogen-bond donors (Lipinski definition) is 1. The van der Waals surface area contributed by atoms with Crippen molar-refractivity contribution in [2.45, 2.75) is 69.7 Å². The Morgan fingerprint density at radius 3 is 2.22 bits per heavy atom. The van der Waals surface area contributed by atoms with Crippen LogP contribution in [0.2, 0.25) is 0 Å². The van der Waals surface area contributed by atoms with E-state index in [0.717, 1.165) is 17.4 Å². The number of nitrogens with one attached hydrogen (secondary N) is 1. The summed E-state index contributed by atoms with van der Waals surface area (Å²) in [5.74, 6) is 2.07. The molecular weight excluding hydrogens is 306 g/mol. The molecule has 2 saturated carbocycles. The largest absolute Gasteiger partial charge is 0.240 e. The first-order valence-electron chi connectivity index (χ1n) is 8.80. The maximum atomic E-state index is 12.7. The summed E-state index contributed by atoms with van der Waals surface area (Å²) in [5, 5.41) is 0. The zero-order valence-electron chi connectivity index (χ0n) is 14.7. The van der Waals surface area contributed by atoms with Gasteiger partial charge in [0.2, 0.25) is 10.0 Å². The van der Waals surface area contributed by atoms with Crippen LogP contribution in [0, 0.1) is 17.8 Å². The van der Waals surface area contributed by atoms with Crippen molar-refractivity contribution in [3.63, 3.8) is 0 Å². The molecule has 2 bridgehead atoms. The Labute approximate surface area is 140 Å². The number of benzene rings is 1. The molecule has 0 aromatic heterocycles. The van der Waals surface area contributed by atoms with Gasteiger partial charge in [0, 0.05) is 6.04 Å². The number of rotatable bonds is 4. The summed E-state index contributed by atoms with van der Waals surface area (Å²) in [6.45, 7) is 8.43. The Balaban J connectivity index is 1.71. The predicted octanol–water partition coefficient (Wildman–Crippen LogP) is 4.09. The van der Waals surface area contributed by atoms with Gasteiger partial charge in [0.1, 0.15) is 0 Å². The summed E-state index contributed by atoms with van der Waals surface area (Å²) in [6.07, 6.45) is 5.12. The molecule has 23 heavy (non-hydrogen) atoms. The van der Waals surface area contributed by atoms with Gasteiger partial charge in [-0.3, -0.25) is 0 Å². The van der Waals surface area contributed by atoms with Crippen LogP contribution in [0.15, 0.2) is 29.2 Å². The SMILES string of the molecule is CC(NS(=O)(=O)c1ccc(C(C)(C)C)cc1)C1CC2CCC1C2. The summed E-state index contributed by atoms with van der Waals surface area (Å²) in [5.41, 5.74) is 1.18. The van der Waals surface area contributed by atoms with Crippen molar-refractivity contribution in [1.82, 2.24) is 4.72 Å². The van der Waals surface area contributed by atoms with Crippen LogP contribution in [0.1, 0.15) is 58.9 Å². The lowest BCUT2D eigenvalue weighted by Gasteiger charge is -2.28. The van der Waals surface area contributed by atoms with Gasteiger partial charge in [0.05, 0.1) is 4.90 Å². The molecule has 4 heteroatoms. The fraction of sp³-hybridized carbons (Fsp3) is 0.684. The Kier molecular flexibility index (Phi) is 4.35. The predicted molar refractivity (Wildman–Crippen MR) is 93.9 cm³/mol. The molecule has 1 aromatic carbocycles. The quantitative estimate of drug-likeness (QED) is 0.901. The van der Waals surface area contributed by atoms with Crippen LogP contribution in [0.5, 0.6) is 0 Å². The van der Waals surface area contributed by atoms with Crippen molar-refractivity contribution in [3.8, 4) is 0 Å². The number of hydrogen-bond acceptors (Lipinski definition) is 2. The van der Waals surface area contributed by atoms with E-state index >= 15 is 0 Å². The first kappa shape index (κ1) is 17.0. The van der Waals surface area contributed by atoms with Crippen molar-refractivity contribution < 1.29 is 8.42 Å². The standard InChI is InChI=1S/C19H29NO2S/c1-13(18-12-14-5-6-15(18)11-14)20-23(21,22)17-9-7-16(8-10-17)19(2,3)4/h7-10,13-15,18,20H,5-6,11-12H2,1-4H3. The summed E-state index contributed by atoms with van der Waals surface area (Å²) in [4.78, 5) is 0.375. The maximum absolute atomic E-state index is 12.7. The van der Waals surface area contributed by atoms with E-state index in [1.165, 1.54) is 25.7 Å². The van der Waals surface area contributed by atoms with Crippen LogP contribution in [-0.4, -0.2) is 14.5 Å². The molecule has 0 amide bonds. The lowest BCUT2D eigenvalue weighted by Crippen LogP contribution is -2.40. The Morgan fingerprint density at radius 1 is 1.09 bits per heavy atom. The molecule has 0 saturated heterocycles. The van der Waals surface area contributed by atoms with Crippen LogP contribution in [-0.2, 0) is 15.4 Å². The van der Waals surface area contributed by atoms with Gasteiger partial charge in [-0.1, -0.05) is 39.3 Å². The van der Waals surface area contributed by atoms with Crippen molar-refractivity contribution in [3.05, 3.63) is 29.8 Å². The van der Waals surface area contributed by atoms with Crippen molar-refractivity contribution in [1.29, 1.82) is 0 Å². The van der Waals surface area contributed by atoms with Gasteiger partial charge in [0.25, 0.3) is 0 Å². The van der Waals surface area contributed by atoms with Crippen LogP contribution in [0.4, 0.5) is 0 Å². The molecule has 2 aliphatic rings. The van der Waals surface area contributed by atoms with Crippen LogP contribution in [0.25, 0.3) is 0 Å². The molecule has 4 atom stereocenters. The van der Waals surface area contributed by atoms with E-state index in [-0.39, 0.29) is 11.5 Å². The average Bonchev–Trinajstić information content (AvgIpc) is 3.08. The molecule has 0 heterocycles. The molecule has 2 aliphatic carbocycles. The molecule has 2 fully saturated rings. The van der Waals surface area contributed by atoms with E-state index in [1.54, 1.807) is 12.1 Å². The van der Waals surface area contributed by atoms with Gasteiger partial charge in [0.15, 0.2) is 0 Å². The number of fused-ring (bicyclic) bond motifs is 2. The minimum Gasteiger partial charge on any atom is -0.208 e. The third-order valence-corrected chi connectivity index (χ3v) is 7.38. The minimum atomic E-state index is -3.43. The highest BCUT2D eigenvalue weighted by atomic mass is 32.2. The van der Waals surface area contributed by atoms with E-state index in [0.29, 0.717) is 10.8 Å². The maximum Gasteiger partial charge on any atom is 0.240 e. The van der Waals surface area contributed by atoms with E-state index < -0.39 is 10.0 Å². The van der Waals surface area contributed by atoms with Gasteiger partial charge >= 0.3 is 0 Å². The van der Waals surface area contributed by atoms with Gasteiger partial charge in [-0.25, -0.2) is 13.1 Å². The highest BCUT2D eigenvalue weighted by Crippen LogP contribution is 2.49. The topological polar surface area (TPSA) is 46.2 Å². The lowest BCUT2D eigenvalue weighted by molar-refractivity contribution is 0.280. The molecule has 1 N–H and O–H groups in total. The average molecular weight is 336 g/mol. The van der Waals surface area contributed by atoms with Crippen molar-refractivity contribution in [2.24, 2.45) is 17.8 Å². The molecular formula is C19H29NO2S. The third-order valence-electron chi connectivity index (χ3n) is 5.81.